The Morgan fingerprint density at radius 2 is 1.66 bits per heavy atom. The summed E-state index contributed by atoms with van der Waals surface area (Å²) in [6, 6.07) is -1.69. The van der Waals surface area contributed by atoms with Crippen LogP contribution in [-0.2, 0) is 53.7 Å². The van der Waals surface area contributed by atoms with E-state index >= 15 is 0 Å². The number of rotatable bonds is 9. The van der Waals surface area contributed by atoms with Crippen molar-refractivity contribution in [3.63, 3.8) is 0 Å². The zero-order chi connectivity index (χ0) is 24.5. The number of ether oxygens (including phenoxy) is 3. The molecule has 0 spiro atoms. The van der Waals surface area contributed by atoms with Gasteiger partial charge in [0, 0.05) is 6.42 Å². The maximum atomic E-state index is 11.3. The third kappa shape index (κ3) is 8.64. The lowest BCUT2D eigenvalue weighted by atomic mass is 9.99. The summed E-state index contributed by atoms with van der Waals surface area (Å²) in [6.45, 7) is 0.0801. The highest BCUT2D eigenvalue weighted by Crippen LogP contribution is 2.28. The van der Waals surface area contributed by atoms with Gasteiger partial charge in [-0.1, -0.05) is 0 Å². The van der Waals surface area contributed by atoms with Gasteiger partial charge in [0.05, 0.1) is 31.5 Å². The molecular formula is C12H23NO16S3. The smallest absolute Gasteiger partial charge is 0.391 e. The molecule has 0 saturated carbocycles. The van der Waals surface area contributed by atoms with Crippen molar-refractivity contribution in [3.8, 4) is 0 Å². The molecule has 0 aromatic carbocycles. The maximum Gasteiger partial charge on any atom is 0.397 e. The van der Waals surface area contributed by atoms with E-state index in [0.29, 0.717) is 0 Å². The van der Waals surface area contributed by atoms with E-state index in [1.807, 2.05) is 0 Å². The summed E-state index contributed by atoms with van der Waals surface area (Å²) in [5.74, 6) is 0. The van der Waals surface area contributed by atoms with Crippen LogP contribution in [0.2, 0.25) is 0 Å². The van der Waals surface area contributed by atoms with Crippen LogP contribution in [0, 0.1) is 0 Å². The number of hydrogen-bond acceptors (Lipinski definition) is 13. The standard InChI is InChI=1S/C12H23NO16S3/c1-5-11(10(15)8(4-25-5)29-32(22,23)24)28-12-9(13-30(16,17)18)7(14)2-6(27-12)3-26-31(19,20)21/h5-15H,2-4H2,1H3,(H,16,17,18)(H,19,20,21)(H,22,23,24). The zero-order valence-electron chi connectivity index (χ0n) is 16.2. The van der Waals surface area contributed by atoms with E-state index < -0.39 is 99.7 Å². The van der Waals surface area contributed by atoms with Crippen LogP contribution in [0.5, 0.6) is 0 Å². The molecule has 17 nitrogen and oxygen atoms in total. The summed E-state index contributed by atoms with van der Waals surface area (Å²) < 4.78 is 119. The second-order valence-corrected chi connectivity index (χ2v) is 10.3. The normalized spacial score (nSPS) is 37.3. The first-order valence-electron chi connectivity index (χ1n) is 8.76. The lowest BCUT2D eigenvalue weighted by Gasteiger charge is -2.44. The monoisotopic (exact) mass is 533 g/mol. The molecule has 0 amide bonds. The summed E-state index contributed by atoms with van der Waals surface area (Å²) in [5.41, 5.74) is 0. The SMILES string of the molecule is CC1OCC(OS(=O)(=O)O)C(O)C1OC1OC(COS(=O)(=O)O)CC(O)C1NS(=O)(=O)O. The van der Waals surface area contributed by atoms with Crippen molar-refractivity contribution in [2.45, 2.75) is 62.3 Å². The second-order valence-electron chi connectivity index (χ2n) is 6.95. The van der Waals surface area contributed by atoms with Crippen molar-refractivity contribution in [1.82, 2.24) is 4.72 Å². The van der Waals surface area contributed by atoms with Gasteiger partial charge < -0.3 is 24.4 Å². The van der Waals surface area contributed by atoms with Gasteiger partial charge in [-0.25, -0.2) is 8.37 Å². The van der Waals surface area contributed by atoms with Crippen LogP contribution in [-0.4, -0.2) is 111 Å². The predicted molar refractivity (Wildman–Crippen MR) is 98.0 cm³/mol. The molecule has 2 rings (SSSR count). The van der Waals surface area contributed by atoms with Gasteiger partial charge in [0.1, 0.15) is 24.4 Å². The largest absolute Gasteiger partial charge is 0.397 e. The summed E-state index contributed by atoms with van der Waals surface area (Å²) in [6.07, 6.45) is -11.0. The minimum atomic E-state index is -4.99. The van der Waals surface area contributed by atoms with Gasteiger partial charge in [-0.05, 0) is 6.92 Å². The van der Waals surface area contributed by atoms with Crippen LogP contribution in [0.1, 0.15) is 13.3 Å². The molecule has 2 saturated heterocycles. The fraction of sp³-hybridized carbons (Fsp3) is 1.00. The molecule has 32 heavy (non-hydrogen) atoms. The Morgan fingerprint density at radius 1 is 1.03 bits per heavy atom. The van der Waals surface area contributed by atoms with Crippen molar-refractivity contribution in [3.05, 3.63) is 0 Å². The average Bonchev–Trinajstić information content (AvgIpc) is 2.59. The molecule has 2 fully saturated rings. The lowest BCUT2D eigenvalue weighted by molar-refractivity contribution is -0.291. The van der Waals surface area contributed by atoms with E-state index in [0.717, 1.165) is 0 Å². The first-order valence-corrected chi connectivity index (χ1v) is 12.9. The molecule has 0 aromatic rings. The van der Waals surface area contributed by atoms with Gasteiger partial charge in [0.2, 0.25) is 0 Å². The van der Waals surface area contributed by atoms with Crippen LogP contribution >= 0.6 is 0 Å². The Kier molecular flexibility index (Phi) is 8.94. The van der Waals surface area contributed by atoms with Gasteiger partial charge in [-0.3, -0.25) is 13.7 Å². The quantitative estimate of drug-likeness (QED) is 0.156. The number of aliphatic hydroxyl groups excluding tert-OH is 2. The number of aliphatic hydroxyl groups is 2. The molecule has 2 aliphatic rings. The van der Waals surface area contributed by atoms with E-state index in [-0.39, 0.29) is 0 Å². The molecule has 0 bridgehead atoms. The molecule has 6 N–H and O–H groups in total. The van der Waals surface area contributed by atoms with E-state index in [9.17, 15) is 35.5 Å². The van der Waals surface area contributed by atoms with Crippen molar-refractivity contribution in [1.29, 1.82) is 0 Å². The van der Waals surface area contributed by atoms with E-state index in [2.05, 4.69) is 8.37 Å². The fourth-order valence-corrected chi connectivity index (χ4v) is 4.55. The highest BCUT2D eigenvalue weighted by atomic mass is 32.3. The van der Waals surface area contributed by atoms with Crippen LogP contribution in [0.15, 0.2) is 0 Å². The average molecular weight is 534 g/mol. The maximum absolute atomic E-state index is 11.3. The van der Waals surface area contributed by atoms with Crippen LogP contribution in [0.4, 0.5) is 0 Å². The third-order valence-electron chi connectivity index (χ3n) is 4.47. The molecular weight excluding hydrogens is 510 g/mol. The van der Waals surface area contributed by atoms with Crippen molar-refractivity contribution in [2.24, 2.45) is 0 Å². The fourth-order valence-electron chi connectivity index (χ4n) is 3.14. The Labute approximate surface area is 183 Å². The van der Waals surface area contributed by atoms with Crippen LogP contribution in [0.25, 0.3) is 0 Å². The lowest BCUT2D eigenvalue weighted by Crippen LogP contribution is -2.62. The number of hydrogen-bond donors (Lipinski definition) is 6. The van der Waals surface area contributed by atoms with E-state index in [1.165, 1.54) is 6.92 Å². The number of nitrogens with one attached hydrogen (secondary N) is 1. The molecule has 190 valence electrons. The van der Waals surface area contributed by atoms with Crippen molar-refractivity contribution < 1.29 is 71.7 Å². The molecule has 8 unspecified atom stereocenters. The van der Waals surface area contributed by atoms with Gasteiger partial charge >= 0.3 is 31.1 Å². The molecule has 20 heteroatoms. The van der Waals surface area contributed by atoms with Gasteiger partial charge in [-0.15, -0.1) is 0 Å². The van der Waals surface area contributed by atoms with E-state index in [4.69, 9.17) is 27.9 Å². The summed E-state index contributed by atoms with van der Waals surface area (Å²) in [4.78, 5) is 0. The third-order valence-corrected chi connectivity index (χ3v) is 5.96. The molecule has 2 heterocycles. The molecule has 0 aliphatic carbocycles. The first kappa shape index (κ1) is 27.7. The zero-order valence-corrected chi connectivity index (χ0v) is 18.6. The Morgan fingerprint density at radius 3 is 2.19 bits per heavy atom. The predicted octanol–water partition coefficient (Wildman–Crippen LogP) is -3.60. The van der Waals surface area contributed by atoms with Crippen LogP contribution < -0.4 is 4.72 Å². The first-order chi connectivity index (χ1) is 14.5. The topological polar surface area (TPSA) is 262 Å². The summed E-state index contributed by atoms with van der Waals surface area (Å²) in [5, 5.41) is 20.7. The van der Waals surface area contributed by atoms with E-state index in [1.54, 1.807) is 4.72 Å². The minimum Gasteiger partial charge on any atom is -0.391 e. The highest BCUT2D eigenvalue weighted by molar-refractivity contribution is 7.83. The Balaban J connectivity index is 2.23. The van der Waals surface area contributed by atoms with Gasteiger partial charge in [0.25, 0.3) is 0 Å². The Hall–Kier alpha value is -0.590. The van der Waals surface area contributed by atoms with Crippen molar-refractivity contribution in [2.75, 3.05) is 13.2 Å². The van der Waals surface area contributed by atoms with Crippen molar-refractivity contribution >= 4 is 31.1 Å². The highest BCUT2D eigenvalue weighted by Gasteiger charge is 2.47. The van der Waals surface area contributed by atoms with Gasteiger partial charge in [-0.2, -0.15) is 30.0 Å². The molecule has 8 atom stereocenters. The Bertz CT molecular complexity index is 951. The second kappa shape index (κ2) is 10.4. The molecule has 0 aromatic heterocycles. The summed E-state index contributed by atoms with van der Waals surface area (Å²) in [7, 11) is -14.8. The minimum absolute atomic E-state index is 0.434. The molecule has 2 aliphatic heterocycles. The molecule has 0 radical (unpaired) electrons. The van der Waals surface area contributed by atoms with Crippen LogP contribution in [0.3, 0.4) is 0 Å². The summed E-state index contributed by atoms with van der Waals surface area (Å²) >= 11 is 0. The van der Waals surface area contributed by atoms with Gasteiger partial charge in [0.15, 0.2) is 6.29 Å².